The van der Waals surface area contributed by atoms with Crippen molar-refractivity contribution in [1.82, 2.24) is 9.13 Å². The molecule has 0 saturated carbocycles. The van der Waals surface area contributed by atoms with Crippen molar-refractivity contribution in [3.63, 3.8) is 0 Å². The molecule has 6 heteroatoms. The van der Waals surface area contributed by atoms with E-state index in [0.29, 0.717) is 0 Å². The van der Waals surface area contributed by atoms with Crippen molar-refractivity contribution in [3.8, 4) is 45.1 Å². The lowest BCUT2D eigenvalue weighted by atomic mass is 9.31. The van der Waals surface area contributed by atoms with Crippen LogP contribution in [0.5, 0.6) is 11.5 Å². The smallest absolute Gasteiger partial charge is 0.256 e. The first-order valence-corrected chi connectivity index (χ1v) is 25.9. The topological polar surface area (TPSA) is 22.3 Å². The fourth-order valence-corrected chi connectivity index (χ4v) is 13.6. The minimum Gasteiger partial charge on any atom is -0.458 e. The molecule has 0 bridgehead atoms. The lowest BCUT2D eigenvalue weighted by Crippen LogP contribution is -2.63. The van der Waals surface area contributed by atoms with Crippen LogP contribution in [0.1, 0.15) is 38.9 Å². The molecule has 4 aliphatic heterocycles. The van der Waals surface area contributed by atoms with Gasteiger partial charge in [-0.3, -0.25) is 0 Å². The molecule has 0 N–H and O–H groups in total. The van der Waals surface area contributed by atoms with Crippen LogP contribution >= 0.6 is 0 Å². The summed E-state index contributed by atoms with van der Waals surface area (Å²) in [4.78, 5) is 2.55. The lowest BCUT2D eigenvalue weighted by Gasteiger charge is -2.42. The van der Waals surface area contributed by atoms with Crippen LogP contribution in [0.15, 0.2) is 170 Å². The number of aromatic nitrogens is 2. The lowest BCUT2D eigenvalue weighted by molar-refractivity contribution is 0.487. The zero-order valence-corrected chi connectivity index (χ0v) is 42.1. The molecule has 0 spiro atoms. The van der Waals surface area contributed by atoms with Gasteiger partial charge in [-0.1, -0.05) is 130 Å². The van der Waals surface area contributed by atoms with Crippen LogP contribution in [0.3, 0.4) is 0 Å². The quantitative estimate of drug-likeness (QED) is 0.165. The summed E-state index contributed by atoms with van der Waals surface area (Å²) < 4.78 is 12.7. The normalized spacial score (nSPS) is 13.4. The van der Waals surface area contributed by atoms with E-state index in [0.717, 1.165) is 28.4 Å². The summed E-state index contributed by atoms with van der Waals surface area (Å²) in [5.74, 6) is 1.82. The first-order valence-electron chi connectivity index (χ1n) is 25.9. The molecule has 0 atom stereocenters. The SMILES string of the molecule is Cc1ccc(-c2cc3c4c(c2)-n2c5ccc(C)cc5c5cc(C)cc(c52)B4c2cc4c(cc2O3)N(c2ccc(C)cc2)c2cc(-c3ccc(C)cc3)cc3c2B4c2cc(C)cc4c5cc(C)ccc5n-3c24)cc1. The van der Waals surface area contributed by atoms with Gasteiger partial charge in [-0.05, 0) is 176 Å². The predicted molar refractivity (Wildman–Crippen MR) is 310 cm³/mol. The monoisotopic (exact) mass is 933 g/mol. The predicted octanol–water partition coefficient (Wildman–Crippen LogP) is 12.9. The summed E-state index contributed by atoms with van der Waals surface area (Å²) in [5.41, 5.74) is 32.2. The largest absolute Gasteiger partial charge is 0.458 e. The van der Waals surface area contributed by atoms with Gasteiger partial charge in [-0.2, -0.15) is 0 Å². The van der Waals surface area contributed by atoms with Gasteiger partial charge in [0.15, 0.2) is 0 Å². The molecule has 344 valence electrons. The molecule has 6 heterocycles. The zero-order chi connectivity index (χ0) is 48.9. The molecule has 16 rings (SSSR count). The molecular weight excluding hydrogens is 884 g/mol. The molecule has 0 amide bonds. The minimum absolute atomic E-state index is 0.0558. The number of nitrogens with zero attached hydrogens (tertiary/aromatic N) is 3. The second-order valence-corrected chi connectivity index (χ2v) is 21.9. The van der Waals surface area contributed by atoms with Crippen molar-refractivity contribution in [3.05, 3.63) is 209 Å². The third-order valence-electron chi connectivity index (χ3n) is 16.9. The van der Waals surface area contributed by atoms with Gasteiger partial charge < -0.3 is 18.8 Å². The summed E-state index contributed by atoms with van der Waals surface area (Å²) in [6, 6.07) is 65.6. The average molecular weight is 934 g/mol. The highest BCUT2D eigenvalue weighted by Crippen LogP contribution is 2.47. The van der Waals surface area contributed by atoms with E-state index in [1.54, 1.807) is 0 Å². The Kier molecular flexibility index (Phi) is 8.10. The highest BCUT2D eigenvalue weighted by atomic mass is 16.5. The second kappa shape index (κ2) is 14.4. The maximum absolute atomic E-state index is 7.57. The van der Waals surface area contributed by atoms with Crippen LogP contribution < -0.4 is 42.4 Å². The summed E-state index contributed by atoms with van der Waals surface area (Å²) in [6.07, 6.45) is 0. The van der Waals surface area contributed by atoms with Crippen LogP contribution in [0.2, 0.25) is 0 Å². The van der Waals surface area contributed by atoms with Gasteiger partial charge in [0.25, 0.3) is 13.4 Å². The van der Waals surface area contributed by atoms with Gasteiger partial charge in [0.05, 0.1) is 11.0 Å². The molecule has 73 heavy (non-hydrogen) atoms. The number of fused-ring (bicyclic) bond motifs is 14. The Morgan fingerprint density at radius 1 is 0.315 bits per heavy atom. The minimum atomic E-state index is -0.0698. The van der Waals surface area contributed by atoms with E-state index in [4.69, 9.17) is 4.74 Å². The van der Waals surface area contributed by atoms with E-state index in [-0.39, 0.29) is 13.4 Å². The Bertz CT molecular complexity index is 4480. The molecule has 0 fully saturated rings. The molecule has 0 saturated heterocycles. The zero-order valence-electron chi connectivity index (χ0n) is 42.1. The van der Waals surface area contributed by atoms with E-state index >= 15 is 0 Å². The Hall–Kier alpha value is -8.47. The molecule has 10 aromatic carbocycles. The molecule has 2 aromatic heterocycles. The number of hydrogen-bond acceptors (Lipinski definition) is 2. The summed E-state index contributed by atoms with van der Waals surface area (Å²) in [7, 11) is 0. The maximum atomic E-state index is 7.57. The maximum Gasteiger partial charge on any atom is 0.256 e. The summed E-state index contributed by atoms with van der Waals surface area (Å²) in [6.45, 7) is 15.4. The van der Waals surface area contributed by atoms with Crippen molar-refractivity contribution in [2.75, 3.05) is 4.90 Å². The standard InChI is InChI=1S/C67H49B2N3O/c1-36-8-16-43(17-9-36)45-30-59-64-60(31-45)71-56-22-14-39(4)24-48(56)50-26-41(6)28-54(66(50)71)68(64)52-34-53-62(35-58(52)70(59)47-20-12-38(3)13-21-47)73-63-33-46(44-18-10-37(2)11-19-44)32-61-65(63)69(53)55-29-42(7)27-51-49-25-40(5)15-23-57(49)72(61)67(51)55/h8-35H,1-7H3. The van der Waals surface area contributed by atoms with Crippen molar-refractivity contribution in [2.24, 2.45) is 0 Å². The van der Waals surface area contributed by atoms with Gasteiger partial charge in [0.1, 0.15) is 11.5 Å². The Morgan fingerprint density at radius 2 is 0.781 bits per heavy atom. The highest BCUT2D eigenvalue weighted by molar-refractivity contribution is 7.02. The fourth-order valence-electron chi connectivity index (χ4n) is 13.6. The summed E-state index contributed by atoms with van der Waals surface area (Å²) in [5, 5.41) is 5.20. The van der Waals surface area contributed by atoms with Gasteiger partial charge >= 0.3 is 0 Å². The van der Waals surface area contributed by atoms with E-state index in [2.05, 4.69) is 232 Å². The third-order valence-corrected chi connectivity index (χ3v) is 16.9. The summed E-state index contributed by atoms with van der Waals surface area (Å²) >= 11 is 0. The van der Waals surface area contributed by atoms with Gasteiger partial charge in [0, 0.05) is 67.1 Å². The van der Waals surface area contributed by atoms with Crippen molar-refractivity contribution < 1.29 is 4.74 Å². The number of rotatable bonds is 3. The molecule has 0 aliphatic carbocycles. The number of benzene rings is 10. The highest BCUT2D eigenvalue weighted by Gasteiger charge is 2.47. The van der Waals surface area contributed by atoms with Crippen LogP contribution in [0.25, 0.3) is 77.2 Å². The van der Waals surface area contributed by atoms with Crippen LogP contribution in [0.4, 0.5) is 17.1 Å². The van der Waals surface area contributed by atoms with Crippen molar-refractivity contribution >= 4 is 107 Å². The molecule has 0 unspecified atom stereocenters. The van der Waals surface area contributed by atoms with Crippen LogP contribution in [-0.4, -0.2) is 22.6 Å². The van der Waals surface area contributed by atoms with E-state index in [1.807, 2.05) is 0 Å². The van der Waals surface area contributed by atoms with Crippen LogP contribution in [0, 0.1) is 48.5 Å². The third kappa shape index (κ3) is 5.58. The Morgan fingerprint density at radius 3 is 1.34 bits per heavy atom. The van der Waals surface area contributed by atoms with Crippen LogP contribution in [-0.2, 0) is 0 Å². The van der Waals surface area contributed by atoms with E-state index < -0.39 is 0 Å². The molecule has 4 aliphatic rings. The molecular formula is C67H49B2N3O. The van der Waals surface area contributed by atoms with E-state index in [1.165, 1.54) is 149 Å². The molecule has 0 radical (unpaired) electrons. The number of ether oxygens (including phenoxy) is 1. The first kappa shape index (κ1) is 41.2. The number of aryl methyl sites for hydroxylation is 7. The first-order chi connectivity index (χ1) is 35.5. The number of anilines is 3. The number of hydrogen-bond donors (Lipinski definition) is 0. The van der Waals surface area contributed by atoms with Gasteiger partial charge in [0.2, 0.25) is 0 Å². The second-order valence-electron chi connectivity index (χ2n) is 21.9. The Balaban J connectivity index is 1.04. The van der Waals surface area contributed by atoms with Crippen molar-refractivity contribution in [2.45, 2.75) is 48.5 Å². The average Bonchev–Trinajstić information content (AvgIpc) is 3.93. The fraction of sp³-hybridized carbons (Fsp3) is 0.104. The van der Waals surface area contributed by atoms with Crippen molar-refractivity contribution in [1.29, 1.82) is 0 Å². The van der Waals surface area contributed by atoms with Gasteiger partial charge in [-0.15, -0.1) is 0 Å². The Labute approximate surface area is 425 Å². The molecule has 12 aromatic rings. The molecule has 4 nitrogen and oxygen atoms in total. The van der Waals surface area contributed by atoms with E-state index in [9.17, 15) is 0 Å². The van der Waals surface area contributed by atoms with Gasteiger partial charge in [-0.25, -0.2) is 0 Å².